The molecule has 0 saturated carbocycles. The molecule has 3 heteroatoms. The number of hydrogen-bond acceptors (Lipinski definition) is 1. The molecule has 1 aromatic carbocycles. The lowest BCUT2D eigenvalue weighted by Gasteiger charge is -2.06. The van der Waals surface area contributed by atoms with Crippen molar-refractivity contribution in [1.29, 1.82) is 0 Å². The molecule has 0 saturated heterocycles. The highest BCUT2D eigenvalue weighted by Gasteiger charge is 2.08. The minimum absolute atomic E-state index is 0.165. The van der Waals surface area contributed by atoms with Gasteiger partial charge in [0.05, 0.1) is 5.02 Å². The summed E-state index contributed by atoms with van der Waals surface area (Å²) >= 11 is 9.10. The van der Waals surface area contributed by atoms with Crippen molar-refractivity contribution < 1.29 is 5.11 Å². The molecular formula is C8H8BrClO. The molecule has 0 amide bonds. The Balaban J connectivity index is 3.46. The van der Waals surface area contributed by atoms with Gasteiger partial charge >= 0.3 is 0 Å². The van der Waals surface area contributed by atoms with E-state index in [1.54, 1.807) is 0 Å². The normalized spacial score (nSPS) is 10.2. The second-order valence-corrected chi connectivity index (χ2v) is 3.70. The van der Waals surface area contributed by atoms with Crippen molar-refractivity contribution in [3.8, 4) is 5.75 Å². The first kappa shape index (κ1) is 8.88. The SMILES string of the molecule is Cc1cc(Br)c(C)c(O)c1Cl. The maximum Gasteiger partial charge on any atom is 0.138 e. The molecule has 0 aromatic heterocycles. The molecule has 1 rings (SSSR count). The van der Waals surface area contributed by atoms with E-state index in [1.807, 2.05) is 19.9 Å². The molecule has 0 aliphatic carbocycles. The van der Waals surface area contributed by atoms with E-state index < -0.39 is 0 Å². The van der Waals surface area contributed by atoms with Gasteiger partial charge < -0.3 is 5.11 Å². The fourth-order valence-corrected chi connectivity index (χ4v) is 1.55. The Hall–Kier alpha value is -0.210. The Morgan fingerprint density at radius 1 is 1.45 bits per heavy atom. The number of phenols is 1. The van der Waals surface area contributed by atoms with Crippen LogP contribution in [0.15, 0.2) is 10.5 Å². The summed E-state index contributed by atoms with van der Waals surface area (Å²) in [6.45, 7) is 3.66. The van der Waals surface area contributed by atoms with Gasteiger partial charge in [0.1, 0.15) is 5.75 Å². The largest absolute Gasteiger partial charge is 0.506 e. The third kappa shape index (κ3) is 1.52. The second-order valence-electron chi connectivity index (χ2n) is 2.46. The van der Waals surface area contributed by atoms with E-state index in [9.17, 15) is 5.11 Å². The molecule has 0 aliphatic heterocycles. The van der Waals surface area contributed by atoms with Crippen LogP contribution in [0.1, 0.15) is 11.1 Å². The summed E-state index contributed by atoms with van der Waals surface area (Å²) in [5.74, 6) is 0.165. The molecule has 0 bridgehead atoms. The minimum atomic E-state index is 0.165. The zero-order valence-electron chi connectivity index (χ0n) is 6.28. The number of halogens is 2. The van der Waals surface area contributed by atoms with Crippen LogP contribution in [-0.2, 0) is 0 Å². The first-order valence-corrected chi connectivity index (χ1v) is 4.35. The standard InChI is InChI=1S/C8H8BrClO/c1-4-3-6(9)5(2)8(11)7(4)10/h3,11H,1-2H3. The molecule has 0 fully saturated rings. The molecule has 11 heavy (non-hydrogen) atoms. The van der Waals surface area contributed by atoms with Crippen LogP contribution < -0.4 is 0 Å². The van der Waals surface area contributed by atoms with Gasteiger partial charge in [-0.05, 0) is 25.5 Å². The molecule has 1 aromatic rings. The smallest absolute Gasteiger partial charge is 0.138 e. The van der Waals surface area contributed by atoms with Crippen molar-refractivity contribution in [3.05, 3.63) is 26.7 Å². The van der Waals surface area contributed by atoms with Gasteiger partial charge in [-0.3, -0.25) is 0 Å². The summed E-state index contributed by atoms with van der Waals surface area (Å²) < 4.78 is 0.886. The summed E-state index contributed by atoms with van der Waals surface area (Å²) in [6.07, 6.45) is 0. The van der Waals surface area contributed by atoms with Gasteiger partial charge in [0.2, 0.25) is 0 Å². The monoisotopic (exact) mass is 234 g/mol. The first-order chi connectivity index (χ1) is 5.04. The number of benzene rings is 1. The van der Waals surface area contributed by atoms with Crippen molar-refractivity contribution in [2.75, 3.05) is 0 Å². The molecular weight excluding hydrogens is 227 g/mol. The lowest BCUT2D eigenvalue weighted by molar-refractivity contribution is 0.470. The van der Waals surface area contributed by atoms with Gasteiger partial charge in [-0.15, -0.1) is 0 Å². The summed E-state index contributed by atoms with van der Waals surface area (Å²) in [5.41, 5.74) is 1.65. The van der Waals surface area contributed by atoms with Crippen molar-refractivity contribution in [2.24, 2.45) is 0 Å². The summed E-state index contributed by atoms with van der Waals surface area (Å²) in [5, 5.41) is 9.84. The molecule has 0 heterocycles. The Morgan fingerprint density at radius 3 is 2.55 bits per heavy atom. The first-order valence-electron chi connectivity index (χ1n) is 3.18. The number of rotatable bonds is 0. The van der Waals surface area contributed by atoms with Crippen LogP contribution >= 0.6 is 27.5 Å². The zero-order chi connectivity index (χ0) is 8.59. The molecule has 0 atom stereocenters. The maximum absolute atomic E-state index is 9.41. The highest BCUT2D eigenvalue weighted by Crippen LogP contribution is 2.34. The third-order valence-electron chi connectivity index (χ3n) is 1.61. The summed E-state index contributed by atoms with van der Waals surface area (Å²) in [4.78, 5) is 0. The Morgan fingerprint density at radius 2 is 2.00 bits per heavy atom. The number of aromatic hydroxyl groups is 1. The van der Waals surface area contributed by atoms with E-state index in [1.165, 1.54) is 0 Å². The van der Waals surface area contributed by atoms with Gasteiger partial charge in [-0.1, -0.05) is 27.5 Å². The maximum atomic E-state index is 9.41. The van der Waals surface area contributed by atoms with Crippen LogP contribution in [0.2, 0.25) is 5.02 Å². The topological polar surface area (TPSA) is 20.2 Å². The van der Waals surface area contributed by atoms with Crippen LogP contribution in [0.4, 0.5) is 0 Å². The average molecular weight is 236 g/mol. The predicted molar refractivity (Wildman–Crippen MR) is 50.3 cm³/mol. The van der Waals surface area contributed by atoms with E-state index in [0.717, 1.165) is 15.6 Å². The Bertz CT molecular complexity index is 270. The third-order valence-corrected chi connectivity index (χ3v) is 2.91. The highest BCUT2D eigenvalue weighted by atomic mass is 79.9. The molecule has 0 unspecified atom stereocenters. The number of hydrogen-bond donors (Lipinski definition) is 1. The molecule has 1 nitrogen and oxygen atoms in total. The lowest BCUT2D eigenvalue weighted by Crippen LogP contribution is -1.82. The van der Waals surface area contributed by atoms with Crippen LogP contribution in [0.3, 0.4) is 0 Å². The van der Waals surface area contributed by atoms with E-state index in [4.69, 9.17) is 11.6 Å². The van der Waals surface area contributed by atoms with Gasteiger partial charge in [-0.2, -0.15) is 0 Å². The van der Waals surface area contributed by atoms with Crippen LogP contribution in [0, 0.1) is 13.8 Å². The van der Waals surface area contributed by atoms with Crippen molar-refractivity contribution in [3.63, 3.8) is 0 Å². The van der Waals surface area contributed by atoms with E-state index in [0.29, 0.717) is 5.02 Å². The molecule has 1 N–H and O–H groups in total. The Labute approximate surface area is 79.1 Å². The predicted octanol–water partition coefficient (Wildman–Crippen LogP) is 3.42. The van der Waals surface area contributed by atoms with E-state index in [2.05, 4.69) is 15.9 Å². The van der Waals surface area contributed by atoms with Crippen LogP contribution in [-0.4, -0.2) is 5.11 Å². The lowest BCUT2D eigenvalue weighted by atomic mass is 10.1. The van der Waals surface area contributed by atoms with Gasteiger partial charge in [0.25, 0.3) is 0 Å². The fourth-order valence-electron chi connectivity index (χ4n) is 0.826. The second kappa shape index (κ2) is 3.03. The summed E-state index contributed by atoms with van der Waals surface area (Å²) in [6, 6.07) is 1.89. The summed E-state index contributed by atoms with van der Waals surface area (Å²) in [7, 11) is 0. The number of phenolic OH excluding ortho intramolecular Hbond substituents is 1. The van der Waals surface area contributed by atoms with Crippen LogP contribution in [0.25, 0.3) is 0 Å². The minimum Gasteiger partial charge on any atom is -0.506 e. The molecule has 0 spiro atoms. The highest BCUT2D eigenvalue weighted by molar-refractivity contribution is 9.10. The van der Waals surface area contributed by atoms with E-state index in [-0.39, 0.29) is 5.75 Å². The molecule has 0 radical (unpaired) electrons. The van der Waals surface area contributed by atoms with Crippen molar-refractivity contribution >= 4 is 27.5 Å². The quantitative estimate of drug-likeness (QED) is 0.730. The van der Waals surface area contributed by atoms with Crippen molar-refractivity contribution in [2.45, 2.75) is 13.8 Å². The average Bonchev–Trinajstić information content (AvgIpc) is 1.97. The Kier molecular flexibility index (Phi) is 2.45. The fraction of sp³-hybridized carbons (Fsp3) is 0.250. The van der Waals surface area contributed by atoms with Crippen molar-refractivity contribution in [1.82, 2.24) is 0 Å². The van der Waals surface area contributed by atoms with Crippen LogP contribution in [0.5, 0.6) is 5.75 Å². The van der Waals surface area contributed by atoms with Gasteiger partial charge in [0.15, 0.2) is 0 Å². The van der Waals surface area contributed by atoms with Gasteiger partial charge in [-0.25, -0.2) is 0 Å². The number of aryl methyl sites for hydroxylation is 1. The molecule has 0 aliphatic rings. The zero-order valence-corrected chi connectivity index (χ0v) is 8.62. The van der Waals surface area contributed by atoms with E-state index >= 15 is 0 Å². The molecule has 60 valence electrons. The van der Waals surface area contributed by atoms with Gasteiger partial charge in [0, 0.05) is 10.0 Å².